The standard InChI is InChI=1S/C34H27N3S2/c1-21(23-15-9-16-26-24-13-5-7-19-29(24)38-31(23)26)36-34(37-33(35)22-11-3-2-4-12-22)28-18-10-17-27-25-14-6-8-20-30(25)39-32(27)28/h2-21,25,30H,1H3,(H2,35,36,37). The Balaban J connectivity index is 1.38. The van der Waals surface area contributed by atoms with Crippen molar-refractivity contribution in [3.63, 3.8) is 0 Å². The zero-order valence-corrected chi connectivity index (χ0v) is 23.1. The molecule has 190 valence electrons. The number of nitrogens with two attached hydrogens (primary N) is 1. The molecule has 3 unspecified atom stereocenters. The van der Waals surface area contributed by atoms with Crippen LogP contribution in [0.25, 0.3) is 20.2 Å². The van der Waals surface area contributed by atoms with Gasteiger partial charge in [-0.25, -0.2) is 4.99 Å². The van der Waals surface area contributed by atoms with Gasteiger partial charge < -0.3 is 5.73 Å². The molecule has 5 heteroatoms. The maximum atomic E-state index is 6.59. The van der Waals surface area contributed by atoms with Crippen molar-refractivity contribution in [3.05, 3.63) is 138 Å². The Kier molecular flexibility index (Phi) is 6.18. The molecule has 0 amide bonds. The Labute approximate surface area is 236 Å². The third-order valence-corrected chi connectivity index (χ3v) is 10.1. The average Bonchev–Trinajstić information content (AvgIpc) is 3.55. The number of benzene rings is 4. The highest BCUT2D eigenvalue weighted by molar-refractivity contribution is 8.00. The second-order valence-corrected chi connectivity index (χ2v) is 12.2. The van der Waals surface area contributed by atoms with Crippen molar-refractivity contribution >= 4 is 54.9 Å². The van der Waals surface area contributed by atoms with Gasteiger partial charge in [-0.3, -0.25) is 4.99 Å². The van der Waals surface area contributed by atoms with Crippen LogP contribution in [0.15, 0.2) is 130 Å². The van der Waals surface area contributed by atoms with Crippen LogP contribution in [-0.4, -0.2) is 16.9 Å². The van der Waals surface area contributed by atoms with E-state index in [1.54, 1.807) is 0 Å². The van der Waals surface area contributed by atoms with Crippen LogP contribution in [-0.2, 0) is 0 Å². The maximum absolute atomic E-state index is 6.59. The molecular weight excluding hydrogens is 515 g/mol. The van der Waals surface area contributed by atoms with Gasteiger partial charge in [0.2, 0.25) is 0 Å². The number of nitrogens with zero attached hydrogens (tertiary/aromatic N) is 2. The van der Waals surface area contributed by atoms with E-state index in [9.17, 15) is 0 Å². The number of amidine groups is 2. The molecule has 5 aromatic rings. The smallest absolute Gasteiger partial charge is 0.158 e. The van der Waals surface area contributed by atoms with Gasteiger partial charge >= 0.3 is 0 Å². The Hall–Kier alpha value is -3.93. The second-order valence-electron chi connectivity index (χ2n) is 9.92. The Morgan fingerprint density at radius 2 is 1.59 bits per heavy atom. The molecule has 39 heavy (non-hydrogen) atoms. The SMILES string of the molecule is CC(N=C(N=C(N)c1ccccc1)c1cccc2c1SC1C=CC=CC21)c1cccc2c1sc1ccccc12. The van der Waals surface area contributed by atoms with E-state index in [0.717, 1.165) is 11.1 Å². The number of aliphatic imine (C=N–C) groups is 2. The van der Waals surface area contributed by atoms with Crippen molar-refractivity contribution in [2.75, 3.05) is 0 Å². The fourth-order valence-corrected chi connectivity index (χ4v) is 8.29. The maximum Gasteiger partial charge on any atom is 0.158 e. The van der Waals surface area contributed by atoms with E-state index in [0.29, 0.717) is 22.8 Å². The molecule has 1 aliphatic carbocycles. The molecule has 3 atom stereocenters. The number of allylic oxidation sites excluding steroid dienone is 3. The molecule has 0 fully saturated rings. The summed E-state index contributed by atoms with van der Waals surface area (Å²) in [6, 6.07) is 31.5. The minimum atomic E-state index is -0.103. The highest BCUT2D eigenvalue weighted by Crippen LogP contribution is 2.49. The largest absolute Gasteiger partial charge is 0.383 e. The van der Waals surface area contributed by atoms with Crippen molar-refractivity contribution in [2.24, 2.45) is 15.7 Å². The third kappa shape index (κ3) is 4.32. The molecular formula is C34H27N3S2. The Bertz CT molecular complexity index is 1830. The van der Waals surface area contributed by atoms with E-state index in [2.05, 4.69) is 91.9 Å². The van der Waals surface area contributed by atoms with Crippen molar-refractivity contribution in [1.82, 2.24) is 0 Å². The molecule has 0 radical (unpaired) electrons. The first-order valence-electron chi connectivity index (χ1n) is 13.2. The summed E-state index contributed by atoms with van der Waals surface area (Å²) in [5, 5.41) is 2.97. The quantitative estimate of drug-likeness (QED) is 0.183. The summed E-state index contributed by atoms with van der Waals surface area (Å²) in [6.07, 6.45) is 8.89. The topological polar surface area (TPSA) is 50.7 Å². The summed E-state index contributed by atoms with van der Waals surface area (Å²) in [7, 11) is 0. The van der Waals surface area contributed by atoms with Crippen molar-refractivity contribution in [1.29, 1.82) is 0 Å². The predicted molar refractivity (Wildman–Crippen MR) is 169 cm³/mol. The summed E-state index contributed by atoms with van der Waals surface area (Å²) in [5.74, 6) is 1.52. The summed E-state index contributed by atoms with van der Waals surface area (Å²) in [5.41, 5.74) is 11.1. The number of rotatable bonds is 4. The Morgan fingerprint density at radius 1 is 0.821 bits per heavy atom. The van der Waals surface area contributed by atoms with Gasteiger partial charge in [0.05, 0.1) is 6.04 Å². The van der Waals surface area contributed by atoms with Gasteiger partial charge in [-0.1, -0.05) is 109 Å². The number of thioether (sulfide) groups is 1. The van der Waals surface area contributed by atoms with Crippen LogP contribution in [0.4, 0.5) is 0 Å². The van der Waals surface area contributed by atoms with Gasteiger partial charge in [0, 0.05) is 47.4 Å². The molecule has 2 N–H and O–H groups in total. The van der Waals surface area contributed by atoms with Crippen molar-refractivity contribution < 1.29 is 0 Å². The van der Waals surface area contributed by atoms with Crippen LogP contribution in [0.2, 0.25) is 0 Å². The van der Waals surface area contributed by atoms with Crippen molar-refractivity contribution in [3.8, 4) is 0 Å². The first kappa shape index (κ1) is 24.1. The van der Waals surface area contributed by atoms with Crippen LogP contribution < -0.4 is 5.73 Å². The van der Waals surface area contributed by atoms with Crippen LogP contribution in [0.3, 0.4) is 0 Å². The van der Waals surface area contributed by atoms with Gasteiger partial charge in [0.1, 0.15) is 5.84 Å². The van der Waals surface area contributed by atoms with Gasteiger partial charge in [-0.2, -0.15) is 0 Å². The molecule has 2 heterocycles. The fourth-order valence-electron chi connectivity index (χ4n) is 5.54. The van der Waals surface area contributed by atoms with Gasteiger partial charge in [0.15, 0.2) is 5.84 Å². The molecule has 0 spiro atoms. The fraction of sp³-hybridized carbons (Fsp3) is 0.118. The van der Waals surface area contributed by atoms with E-state index in [1.165, 1.54) is 36.2 Å². The molecule has 1 aromatic heterocycles. The molecule has 0 bridgehead atoms. The Morgan fingerprint density at radius 3 is 2.49 bits per heavy atom. The van der Waals surface area contributed by atoms with E-state index < -0.39 is 0 Å². The van der Waals surface area contributed by atoms with Gasteiger partial charge in [-0.15, -0.1) is 23.1 Å². The van der Waals surface area contributed by atoms with Crippen molar-refractivity contribution in [2.45, 2.75) is 29.0 Å². The van der Waals surface area contributed by atoms with E-state index in [1.807, 2.05) is 53.4 Å². The summed E-state index contributed by atoms with van der Waals surface area (Å²) in [6.45, 7) is 2.16. The van der Waals surface area contributed by atoms with E-state index >= 15 is 0 Å². The minimum absolute atomic E-state index is 0.103. The van der Waals surface area contributed by atoms with Crippen LogP contribution >= 0.6 is 23.1 Å². The van der Waals surface area contributed by atoms with Gasteiger partial charge in [-0.05, 0) is 24.1 Å². The van der Waals surface area contributed by atoms with E-state index in [-0.39, 0.29) is 6.04 Å². The number of hydrogen-bond acceptors (Lipinski definition) is 3. The lowest BCUT2D eigenvalue weighted by Crippen LogP contribution is -2.17. The zero-order chi connectivity index (χ0) is 26.3. The third-order valence-electron chi connectivity index (χ3n) is 7.48. The molecule has 4 aromatic carbocycles. The van der Waals surface area contributed by atoms with Crippen LogP contribution in [0.1, 0.15) is 41.1 Å². The lowest BCUT2D eigenvalue weighted by Gasteiger charge is -2.14. The molecule has 0 saturated carbocycles. The zero-order valence-electron chi connectivity index (χ0n) is 21.5. The van der Waals surface area contributed by atoms with Gasteiger partial charge in [0.25, 0.3) is 0 Å². The second kappa shape index (κ2) is 9.99. The number of fused-ring (bicyclic) bond motifs is 6. The number of thiophene rings is 1. The normalized spacial score (nSPS) is 19.4. The first-order chi connectivity index (χ1) is 19.2. The highest BCUT2D eigenvalue weighted by atomic mass is 32.2. The summed E-state index contributed by atoms with van der Waals surface area (Å²) >= 11 is 3.73. The number of hydrogen-bond donors (Lipinski definition) is 1. The molecule has 3 nitrogen and oxygen atoms in total. The van der Waals surface area contributed by atoms with E-state index in [4.69, 9.17) is 15.7 Å². The van der Waals surface area contributed by atoms with Crippen LogP contribution in [0, 0.1) is 0 Å². The minimum Gasteiger partial charge on any atom is -0.383 e. The lowest BCUT2D eigenvalue weighted by molar-refractivity contribution is 0.827. The molecule has 0 saturated heterocycles. The molecule has 7 rings (SSSR count). The summed E-state index contributed by atoms with van der Waals surface area (Å²) < 4.78 is 2.58. The monoisotopic (exact) mass is 541 g/mol. The highest BCUT2D eigenvalue weighted by Gasteiger charge is 2.33. The molecule has 1 aliphatic heterocycles. The average molecular weight is 542 g/mol. The predicted octanol–water partition coefficient (Wildman–Crippen LogP) is 8.65. The first-order valence-corrected chi connectivity index (χ1v) is 14.9. The van der Waals surface area contributed by atoms with Crippen LogP contribution in [0.5, 0.6) is 0 Å². The summed E-state index contributed by atoms with van der Waals surface area (Å²) in [4.78, 5) is 11.6. The lowest BCUT2D eigenvalue weighted by atomic mass is 9.91. The molecule has 2 aliphatic rings.